The normalized spacial score (nSPS) is 11.5. The summed E-state index contributed by atoms with van der Waals surface area (Å²) in [5.74, 6) is 1.19. The Morgan fingerprint density at radius 2 is 0.929 bits per heavy atom. The highest BCUT2D eigenvalue weighted by Gasteiger charge is 2.16. The van der Waals surface area contributed by atoms with E-state index in [1.54, 1.807) is 0 Å². The molecule has 0 saturated carbocycles. The zero-order chi connectivity index (χ0) is 21.0. The van der Waals surface area contributed by atoms with Crippen LogP contribution in [0.4, 0.5) is 0 Å². The average molecular weight is 430 g/mol. The Balaban J connectivity index is 3.31. The molecule has 0 heterocycles. The van der Waals surface area contributed by atoms with Gasteiger partial charge in [-0.25, -0.2) is 0 Å². The summed E-state index contributed by atoms with van der Waals surface area (Å²) in [7, 11) is 0. The van der Waals surface area contributed by atoms with Crippen LogP contribution in [0.2, 0.25) is 0 Å². The number of unbranched alkanes of at least 4 members (excludes halogenated alkanes) is 15. The van der Waals surface area contributed by atoms with Crippen molar-refractivity contribution in [3.05, 3.63) is 0 Å². The van der Waals surface area contributed by atoms with E-state index < -0.39 is 0 Å². The van der Waals surface area contributed by atoms with E-state index >= 15 is 0 Å². The first-order chi connectivity index (χ1) is 13.5. The van der Waals surface area contributed by atoms with Crippen LogP contribution < -0.4 is 0 Å². The van der Waals surface area contributed by atoms with Gasteiger partial charge in [0.1, 0.15) is 4.32 Å². The highest BCUT2D eigenvalue weighted by molar-refractivity contribution is 8.22. The van der Waals surface area contributed by atoms with Gasteiger partial charge in [-0.15, -0.1) is 0 Å². The van der Waals surface area contributed by atoms with Crippen molar-refractivity contribution >= 4 is 28.3 Å². The Labute approximate surface area is 188 Å². The number of hydrogen-bond donors (Lipinski definition) is 0. The predicted molar refractivity (Wildman–Crippen MR) is 137 cm³/mol. The number of hydrogen-bond acceptors (Lipinski definition) is 2. The predicted octanol–water partition coefficient (Wildman–Crippen LogP) is 9.38. The van der Waals surface area contributed by atoms with Crippen LogP contribution in [0.15, 0.2) is 0 Å². The lowest BCUT2D eigenvalue weighted by Gasteiger charge is -2.32. The molecule has 0 unspecified atom stereocenters. The first kappa shape index (κ1) is 28.2. The molecule has 3 heteroatoms. The van der Waals surface area contributed by atoms with Crippen molar-refractivity contribution in [3.63, 3.8) is 0 Å². The van der Waals surface area contributed by atoms with E-state index in [0.29, 0.717) is 12.1 Å². The first-order valence-electron chi connectivity index (χ1n) is 12.5. The lowest BCUT2D eigenvalue weighted by atomic mass is 10.0. The third kappa shape index (κ3) is 17.1. The molecule has 0 aromatic rings. The van der Waals surface area contributed by atoms with Crippen molar-refractivity contribution in [2.75, 3.05) is 5.75 Å². The summed E-state index contributed by atoms with van der Waals surface area (Å²) in [5.41, 5.74) is 0. The molecule has 0 aliphatic carbocycles. The summed E-state index contributed by atoms with van der Waals surface area (Å²) in [6.45, 7) is 11.2. The molecule has 0 aromatic carbocycles. The minimum Gasteiger partial charge on any atom is -0.353 e. The number of thiocarbonyl (C=S) groups is 1. The molecule has 168 valence electrons. The fraction of sp³-hybridized carbons (Fsp3) is 0.960. The van der Waals surface area contributed by atoms with Gasteiger partial charge in [-0.1, -0.05) is 127 Å². The van der Waals surface area contributed by atoms with Crippen LogP contribution in [0.3, 0.4) is 0 Å². The van der Waals surface area contributed by atoms with Crippen LogP contribution in [-0.4, -0.2) is 27.1 Å². The molecule has 0 N–H and O–H groups in total. The fourth-order valence-electron chi connectivity index (χ4n) is 3.90. The van der Waals surface area contributed by atoms with Gasteiger partial charge in [-0.3, -0.25) is 0 Å². The Bertz CT molecular complexity index is 333. The van der Waals surface area contributed by atoms with Crippen LogP contribution in [0.1, 0.15) is 137 Å². The largest absolute Gasteiger partial charge is 0.353 e. The first-order valence-corrected chi connectivity index (χ1v) is 13.8. The lowest BCUT2D eigenvalue weighted by molar-refractivity contribution is 0.303. The lowest BCUT2D eigenvalue weighted by Crippen LogP contribution is -2.39. The molecule has 0 radical (unpaired) electrons. The molecule has 0 atom stereocenters. The van der Waals surface area contributed by atoms with Crippen LogP contribution in [-0.2, 0) is 0 Å². The summed E-state index contributed by atoms with van der Waals surface area (Å²) < 4.78 is 1.09. The van der Waals surface area contributed by atoms with Gasteiger partial charge in [-0.2, -0.15) is 0 Å². The maximum absolute atomic E-state index is 5.63. The Morgan fingerprint density at radius 3 is 1.25 bits per heavy atom. The van der Waals surface area contributed by atoms with Crippen molar-refractivity contribution in [2.24, 2.45) is 0 Å². The maximum Gasteiger partial charge on any atom is 0.136 e. The van der Waals surface area contributed by atoms with E-state index in [1.165, 1.54) is 108 Å². The summed E-state index contributed by atoms with van der Waals surface area (Å²) in [6, 6.07) is 1.01. The van der Waals surface area contributed by atoms with Crippen LogP contribution in [0.5, 0.6) is 0 Å². The van der Waals surface area contributed by atoms with Gasteiger partial charge >= 0.3 is 0 Å². The van der Waals surface area contributed by atoms with Gasteiger partial charge in [0.15, 0.2) is 0 Å². The quantitative estimate of drug-likeness (QED) is 0.149. The second-order valence-electron chi connectivity index (χ2n) is 9.01. The second kappa shape index (κ2) is 20.5. The minimum absolute atomic E-state index is 0.505. The molecule has 0 fully saturated rings. The maximum atomic E-state index is 5.63. The summed E-state index contributed by atoms with van der Waals surface area (Å²) >= 11 is 7.51. The van der Waals surface area contributed by atoms with Crippen molar-refractivity contribution < 1.29 is 0 Å². The fourth-order valence-corrected chi connectivity index (χ4v) is 5.67. The summed E-state index contributed by atoms with van der Waals surface area (Å²) in [6.07, 6.45) is 22.9. The third-order valence-electron chi connectivity index (χ3n) is 5.55. The molecule has 0 aliphatic heterocycles. The highest BCUT2D eigenvalue weighted by atomic mass is 32.2. The van der Waals surface area contributed by atoms with E-state index in [4.69, 9.17) is 12.2 Å². The van der Waals surface area contributed by atoms with E-state index in [2.05, 4.69) is 39.5 Å². The van der Waals surface area contributed by atoms with Crippen LogP contribution >= 0.6 is 24.0 Å². The molecular formula is C25H51NS2. The van der Waals surface area contributed by atoms with E-state index in [1.807, 2.05) is 11.8 Å². The van der Waals surface area contributed by atoms with Gasteiger partial charge in [-0.05, 0) is 34.1 Å². The van der Waals surface area contributed by atoms with E-state index in [9.17, 15) is 0 Å². The molecular weight excluding hydrogens is 378 g/mol. The third-order valence-corrected chi connectivity index (χ3v) is 7.06. The number of nitrogens with zero attached hydrogens (tertiary/aromatic N) is 1. The number of thioether (sulfide) groups is 1. The molecule has 28 heavy (non-hydrogen) atoms. The molecule has 0 spiro atoms. The molecule has 0 aromatic heterocycles. The van der Waals surface area contributed by atoms with Gasteiger partial charge in [0.2, 0.25) is 0 Å². The van der Waals surface area contributed by atoms with Gasteiger partial charge < -0.3 is 4.90 Å². The van der Waals surface area contributed by atoms with Gasteiger partial charge in [0, 0.05) is 17.8 Å². The smallest absolute Gasteiger partial charge is 0.136 e. The molecule has 1 nitrogen and oxygen atoms in total. The monoisotopic (exact) mass is 429 g/mol. The SMILES string of the molecule is CCCCCCCCCCCCCCCCCCSC(=S)N(C(C)C)C(C)C. The van der Waals surface area contributed by atoms with E-state index in [-0.39, 0.29) is 0 Å². The Morgan fingerprint density at radius 1 is 0.607 bits per heavy atom. The highest BCUT2D eigenvalue weighted by Crippen LogP contribution is 2.18. The molecule has 0 rings (SSSR count). The number of rotatable bonds is 19. The van der Waals surface area contributed by atoms with Crippen LogP contribution in [0, 0.1) is 0 Å². The molecule has 0 aliphatic rings. The van der Waals surface area contributed by atoms with Crippen molar-refractivity contribution in [1.82, 2.24) is 4.90 Å². The topological polar surface area (TPSA) is 3.24 Å². The van der Waals surface area contributed by atoms with Crippen LogP contribution in [0.25, 0.3) is 0 Å². The zero-order valence-corrected chi connectivity index (χ0v) is 21.6. The average Bonchev–Trinajstić information content (AvgIpc) is 2.63. The van der Waals surface area contributed by atoms with Gasteiger partial charge in [0.25, 0.3) is 0 Å². The molecule has 0 bridgehead atoms. The van der Waals surface area contributed by atoms with Gasteiger partial charge in [0.05, 0.1) is 0 Å². The zero-order valence-electron chi connectivity index (χ0n) is 19.9. The summed E-state index contributed by atoms with van der Waals surface area (Å²) in [5, 5.41) is 0. The Hall–Kier alpha value is 0.240. The van der Waals surface area contributed by atoms with E-state index in [0.717, 1.165) is 4.32 Å². The molecule has 0 saturated heterocycles. The summed E-state index contributed by atoms with van der Waals surface area (Å²) in [4.78, 5) is 2.37. The second-order valence-corrected chi connectivity index (χ2v) is 10.7. The molecule has 0 amide bonds. The standard InChI is InChI=1S/C25H51NS2/c1-6-7-8-9-10-11-12-13-14-15-16-17-18-19-20-21-22-28-25(27)26(23(2)3)24(4)5/h23-24H,6-22H2,1-5H3. The Kier molecular flexibility index (Phi) is 20.7. The minimum atomic E-state index is 0.505. The van der Waals surface area contributed by atoms with Crippen molar-refractivity contribution in [2.45, 2.75) is 149 Å². The van der Waals surface area contributed by atoms with Crippen molar-refractivity contribution in [3.8, 4) is 0 Å². The van der Waals surface area contributed by atoms with Crippen molar-refractivity contribution in [1.29, 1.82) is 0 Å².